The molecular weight excluding hydrogens is 368 g/mol. The van der Waals surface area contributed by atoms with E-state index in [9.17, 15) is 9.59 Å². The number of nitrogens with zero attached hydrogens (tertiary/aromatic N) is 3. The topological polar surface area (TPSA) is 93.7 Å². The van der Waals surface area contributed by atoms with Crippen molar-refractivity contribution in [3.8, 4) is 11.5 Å². The van der Waals surface area contributed by atoms with Gasteiger partial charge < -0.3 is 19.7 Å². The van der Waals surface area contributed by atoms with Gasteiger partial charge in [0.25, 0.3) is 0 Å². The van der Waals surface area contributed by atoms with Crippen molar-refractivity contribution in [1.82, 2.24) is 10.2 Å². The molecule has 1 unspecified atom stereocenters. The van der Waals surface area contributed by atoms with Gasteiger partial charge in [-0.2, -0.15) is 0 Å². The van der Waals surface area contributed by atoms with Gasteiger partial charge in [0.05, 0.1) is 5.92 Å². The highest BCUT2D eigenvalue weighted by Crippen LogP contribution is 2.37. The second-order valence-electron chi connectivity index (χ2n) is 6.54. The molecule has 1 N–H and O–H groups in total. The molecule has 1 aromatic heterocycles. The lowest BCUT2D eigenvalue weighted by Gasteiger charge is -2.16. The first-order chi connectivity index (χ1) is 13.1. The second-order valence-corrected chi connectivity index (χ2v) is 7.60. The van der Waals surface area contributed by atoms with Gasteiger partial charge in [-0.25, -0.2) is 0 Å². The van der Waals surface area contributed by atoms with Crippen molar-refractivity contribution in [1.29, 1.82) is 0 Å². The van der Waals surface area contributed by atoms with Crippen molar-refractivity contribution in [2.75, 3.05) is 23.6 Å². The highest BCUT2D eigenvalue weighted by molar-refractivity contribution is 7.15. The number of hydrogen-bond donors (Lipinski definition) is 1. The van der Waals surface area contributed by atoms with Crippen LogP contribution in [0.15, 0.2) is 18.2 Å². The molecule has 3 heterocycles. The zero-order chi connectivity index (χ0) is 18.8. The van der Waals surface area contributed by atoms with Gasteiger partial charge in [-0.1, -0.05) is 24.7 Å². The summed E-state index contributed by atoms with van der Waals surface area (Å²) in [6.07, 6.45) is 3.16. The third-order valence-corrected chi connectivity index (χ3v) is 5.50. The summed E-state index contributed by atoms with van der Waals surface area (Å²) in [6, 6.07) is 5.35. The summed E-state index contributed by atoms with van der Waals surface area (Å²) in [5, 5.41) is 12.3. The van der Waals surface area contributed by atoms with Gasteiger partial charge in [0, 0.05) is 31.1 Å². The molecule has 0 aliphatic carbocycles. The van der Waals surface area contributed by atoms with Crippen LogP contribution < -0.4 is 19.7 Å². The summed E-state index contributed by atoms with van der Waals surface area (Å²) in [5.74, 6) is 0.558. The van der Waals surface area contributed by atoms with Crippen LogP contribution in [0.4, 0.5) is 10.8 Å². The maximum Gasteiger partial charge on any atom is 0.231 e. The first kappa shape index (κ1) is 17.7. The largest absolute Gasteiger partial charge is 0.454 e. The van der Waals surface area contributed by atoms with E-state index in [1.807, 2.05) is 0 Å². The molecule has 1 atom stereocenters. The quantitative estimate of drug-likeness (QED) is 0.818. The van der Waals surface area contributed by atoms with E-state index in [1.54, 1.807) is 23.1 Å². The van der Waals surface area contributed by atoms with Crippen LogP contribution in [-0.4, -0.2) is 35.3 Å². The van der Waals surface area contributed by atoms with Crippen molar-refractivity contribution < 1.29 is 19.1 Å². The number of aromatic nitrogens is 2. The molecule has 2 aliphatic heterocycles. The minimum Gasteiger partial charge on any atom is -0.454 e. The lowest BCUT2D eigenvalue weighted by molar-refractivity contribution is -0.122. The first-order valence-corrected chi connectivity index (χ1v) is 9.79. The Morgan fingerprint density at radius 1 is 1.33 bits per heavy atom. The van der Waals surface area contributed by atoms with Gasteiger partial charge in [-0.3, -0.25) is 9.59 Å². The van der Waals surface area contributed by atoms with Crippen LogP contribution in [0.2, 0.25) is 0 Å². The zero-order valence-corrected chi connectivity index (χ0v) is 15.8. The Kier molecular flexibility index (Phi) is 4.93. The Balaban J connectivity index is 1.39. The maximum absolute atomic E-state index is 12.6. The number of carbonyl (C=O) groups excluding carboxylic acids is 2. The van der Waals surface area contributed by atoms with E-state index >= 15 is 0 Å². The summed E-state index contributed by atoms with van der Waals surface area (Å²) in [7, 11) is 0. The van der Waals surface area contributed by atoms with E-state index in [2.05, 4.69) is 22.4 Å². The smallest absolute Gasteiger partial charge is 0.231 e. The van der Waals surface area contributed by atoms with Crippen LogP contribution in [-0.2, 0) is 16.0 Å². The fourth-order valence-electron chi connectivity index (χ4n) is 3.13. The third kappa shape index (κ3) is 3.73. The molecule has 8 nitrogen and oxygen atoms in total. The Labute approximate surface area is 160 Å². The molecule has 0 bridgehead atoms. The number of hydrogen-bond acceptors (Lipinski definition) is 7. The molecule has 27 heavy (non-hydrogen) atoms. The highest BCUT2D eigenvalue weighted by Gasteiger charge is 2.36. The van der Waals surface area contributed by atoms with E-state index < -0.39 is 5.92 Å². The molecule has 142 valence electrons. The van der Waals surface area contributed by atoms with Crippen LogP contribution in [0, 0.1) is 5.92 Å². The van der Waals surface area contributed by atoms with Gasteiger partial charge in [0.1, 0.15) is 5.01 Å². The second kappa shape index (κ2) is 7.51. The molecule has 2 amide bonds. The number of anilines is 2. The van der Waals surface area contributed by atoms with Crippen molar-refractivity contribution in [2.24, 2.45) is 5.92 Å². The number of aryl methyl sites for hydroxylation is 1. The Morgan fingerprint density at radius 2 is 2.19 bits per heavy atom. The zero-order valence-electron chi connectivity index (χ0n) is 14.9. The van der Waals surface area contributed by atoms with Crippen molar-refractivity contribution >= 4 is 34.0 Å². The van der Waals surface area contributed by atoms with Crippen molar-refractivity contribution in [3.63, 3.8) is 0 Å². The lowest BCUT2D eigenvalue weighted by Crippen LogP contribution is -2.28. The van der Waals surface area contributed by atoms with Gasteiger partial charge in [-0.15, -0.1) is 10.2 Å². The SMILES string of the molecule is CCCCc1nnc(NC(=O)C2CC(=O)N(c3ccc4c(c3)OCO4)C2)s1. The number of unbranched alkanes of at least 4 members (excludes halogenated alkanes) is 1. The van der Waals surface area contributed by atoms with Crippen LogP contribution in [0.3, 0.4) is 0 Å². The van der Waals surface area contributed by atoms with Crippen LogP contribution >= 0.6 is 11.3 Å². The Hall–Kier alpha value is -2.68. The van der Waals surface area contributed by atoms with Crippen LogP contribution in [0.5, 0.6) is 11.5 Å². The summed E-state index contributed by atoms with van der Waals surface area (Å²) < 4.78 is 10.7. The summed E-state index contributed by atoms with van der Waals surface area (Å²) in [5.41, 5.74) is 0.706. The highest BCUT2D eigenvalue weighted by atomic mass is 32.1. The van der Waals surface area contributed by atoms with Gasteiger partial charge in [-0.05, 0) is 18.6 Å². The molecule has 4 rings (SSSR count). The third-order valence-electron chi connectivity index (χ3n) is 4.60. The van der Waals surface area contributed by atoms with E-state index in [0.29, 0.717) is 28.9 Å². The fraction of sp³-hybridized carbons (Fsp3) is 0.444. The van der Waals surface area contributed by atoms with E-state index in [1.165, 1.54) is 11.3 Å². The average Bonchev–Trinajstić information content (AvgIpc) is 3.38. The van der Waals surface area contributed by atoms with E-state index in [0.717, 1.165) is 24.3 Å². The molecule has 0 radical (unpaired) electrons. The standard InChI is InChI=1S/C18H20N4O4S/c1-2-3-4-15-20-21-18(27-15)19-17(24)11-7-16(23)22(9-11)12-5-6-13-14(8-12)26-10-25-13/h5-6,8,11H,2-4,7,9-10H2,1H3,(H,19,21,24). The number of ether oxygens (including phenoxy) is 2. The summed E-state index contributed by atoms with van der Waals surface area (Å²) in [4.78, 5) is 26.6. The number of amides is 2. The number of fused-ring (bicyclic) bond motifs is 1. The molecule has 1 saturated heterocycles. The molecule has 2 aromatic rings. The predicted molar refractivity (Wildman–Crippen MR) is 100 cm³/mol. The molecule has 0 saturated carbocycles. The average molecular weight is 388 g/mol. The monoisotopic (exact) mass is 388 g/mol. The normalized spacial score (nSPS) is 18.2. The van der Waals surface area contributed by atoms with Crippen molar-refractivity contribution in [3.05, 3.63) is 23.2 Å². The molecule has 9 heteroatoms. The van der Waals surface area contributed by atoms with Crippen LogP contribution in [0.1, 0.15) is 31.2 Å². The van der Waals surface area contributed by atoms with Crippen molar-refractivity contribution in [2.45, 2.75) is 32.6 Å². The number of rotatable bonds is 6. The minimum absolute atomic E-state index is 0.0880. The number of carbonyl (C=O) groups is 2. The maximum atomic E-state index is 12.6. The van der Waals surface area contributed by atoms with Crippen LogP contribution in [0.25, 0.3) is 0 Å². The number of nitrogens with one attached hydrogen (secondary N) is 1. The summed E-state index contributed by atoms with van der Waals surface area (Å²) in [6.45, 7) is 2.62. The van der Waals surface area contributed by atoms with Gasteiger partial charge in [0.15, 0.2) is 11.5 Å². The molecular formula is C18H20N4O4S. The lowest BCUT2D eigenvalue weighted by atomic mass is 10.1. The predicted octanol–water partition coefficient (Wildman–Crippen LogP) is 2.60. The molecule has 0 spiro atoms. The number of benzene rings is 1. The first-order valence-electron chi connectivity index (χ1n) is 8.97. The van der Waals surface area contributed by atoms with Gasteiger partial charge >= 0.3 is 0 Å². The Morgan fingerprint density at radius 3 is 3.04 bits per heavy atom. The minimum atomic E-state index is -0.425. The molecule has 1 aromatic carbocycles. The summed E-state index contributed by atoms with van der Waals surface area (Å²) >= 11 is 1.39. The fourth-order valence-corrected chi connectivity index (χ4v) is 3.91. The molecule has 2 aliphatic rings. The molecule has 1 fully saturated rings. The Bertz CT molecular complexity index is 869. The van der Waals surface area contributed by atoms with E-state index in [-0.39, 0.29) is 25.0 Å². The van der Waals surface area contributed by atoms with Gasteiger partial charge in [0.2, 0.25) is 23.7 Å². The van der Waals surface area contributed by atoms with E-state index in [4.69, 9.17) is 9.47 Å².